The Bertz CT molecular complexity index is 1060. The van der Waals surface area contributed by atoms with Gasteiger partial charge in [-0.15, -0.1) is 0 Å². The number of anilines is 1. The molecule has 1 aromatic carbocycles. The number of nitrogens with zero attached hydrogens (tertiary/aromatic N) is 4. The van der Waals surface area contributed by atoms with Crippen molar-refractivity contribution >= 4 is 33.6 Å². The fourth-order valence-corrected chi connectivity index (χ4v) is 4.61. The minimum atomic E-state index is -2.43. The highest BCUT2D eigenvalue weighted by atomic mass is 79.9. The van der Waals surface area contributed by atoms with Crippen LogP contribution in [0, 0.1) is 11.7 Å². The third-order valence-corrected chi connectivity index (χ3v) is 6.41. The molecule has 0 saturated heterocycles. The van der Waals surface area contributed by atoms with Crippen LogP contribution in [0.1, 0.15) is 21.7 Å². The first kappa shape index (κ1) is 23.6. The zero-order valence-electron chi connectivity index (χ0n) is 18.0. The van der Waals surface area contributed by atoms with Crippen molar-refractivity contribution in [2.45, 2.75) is 25.9 Å². The molecule has 0 aliphatic carbocycles. The van der Waals surface area contributed by atoms with Crippen molar-refractivity contribution in [3.63, 3.8) is 0 Å². The Balaban J connectivity index is 1.50. The molecule has 178 valence electrons. The lowest BCUT2D eigenvalue weighted by molar-refractivity contribution is 0.0776. The average molecular weight is 529 g/mol. The number of halogens is 4. The van der Waals surface area contributed by atoms with Gasteiger partial charge in [-0.1, -0.05) is 0 Å². The molecule has 4 rings (SSSR count). The quantitative estimate of drug-likeness (QED) is 0.625. The van der Waals surface area contributed by atoms with Crippen LogP contribution in [0.3, 0.4) is 0 Å². The van der Waals surface area contributed by atoms with Crippen LogP contribution in [0.2, 0.25) is 0 Å². The highest BCUT2D eigenvalue weighted by Gasteiger charge is 2.34. The number of fused-ring (bicyclic) bond motifs is 3. The van der Waals surface area contributed by atoms with E-state index >= 15 is 0 Å². The lowest BCUT2D eigenvalue weighted by atomic mass is 10.0. The number of urea groups is 1. The maximum atomic E-state index is 13.5. The summed E-state index contributed by atoms with van der Waals surface area (Å²) in [6, 6.07) is 3.85. The Morgan fingerprint density at radius 2 is 2.12 bits per heavy atom. The first-order valence-corrected chi connectivity index (χ1v) is 11.4. The number of carbonyl (C=O) groups is 2. The standard InChI is InChI=1S/C21H24BrF3N6O2/c1-29-9-12(7-26-8-18(24)25)10-31-19(20(29)32)14-11-30(5-4-17(14)28-31)21(33)27-13-2-3-16(23)15(22)6-13/h2-3,6,12,18,26H,4-5,7-11H2,1H3,(H,27,33)/t12-/m0/s1. The summed E-state index contributed by atoms with van der Waals surface area (Å²) in [5, 5.41) is 10.1. The van der Waals surface area contributed by atoms with Crippen LogP contribution in [-0.2, 0) is 19.5 Å². The lowest BCUT2D eigenvalue weighted by Crippen LogP contribution is -2.40. The van der Waals surface area contributed by atoms with Gasteiger partial charge in [-0.25, -0.2) is 18.0 Å². The van der Waals surface area contributed by atoms with E-state index in [9.17, 15) is 22.8 Å². The first-order chi connectivity index (χ1) is 15.7. The third kappa shape index (κ3) is 5.16. The van der Waals surface area contributed by atoms with E-state index in [1.165, 1.54) is 18.2 Å². The van der Waals surface area contributed by atoms with Crippen molar-refractivity contribution in [1.82, 2.24) is 24.9 Å². The molecule has 0 bridgehead atoms. The van der Waals surface area contributed by atoms with Crippen LogP contribution < -0.4 is 10.6 Å². The number of alkyl halides is 2. The summed E-state index contributed by atoms with van der Waals surface area (Å²) in [6.45, 7) is 1.41. The van der Waals surface area contributed by atoms with E-state index in [0.29, 0.717) is 49.5 Å². The Kier molecular flexibility index (Phi) is 6.94. The topological polar surface area (TPSA) is 82.5 Å². The molecule has 0 saturated carbocycles. The monoisotopic (exact) mass is 528 g/mol. The van der Waals surface area contributed by atoms with Crippen molar-refractivity contribution in [2.75, 3.05) is 38.5 Å². The molecule has 0 fully saturated rings. The van der Waals surface area contributed by atoms with Crippen LogP contribution in [0.25, 0.3) is 0 Å². The highest BCUT2D eigenvalue weighted by Crippen LogP contribution is 2.27. The van der Waals surface area contributed by atoms with Gasteiger partial charge in [-0.2, -0.15) is 5.10 Å². The van der Waals surface area contributed by atoms with Gasteiger partial charge >= 0.3 is 6.03 Å². The zero-order chi connectivity index (χ0) is 23.7. The summed E-state index contributed by atoms with van der Waals surface area (Å²) in [6.07, 6.45) is -1.95. The van der Waals surface area contributed by atoms with Gasteiger partial charge in [0, 0.05) is 56.8 Å². The number of carbonyl (C=O) groups excluding carboxylic acids is 2. The molecule has 0 unspecified atom stereocenters. The Morgan fingerprint density at radius 3 is 2.85 bits per heavy atom. The first-order valence-electron chi connectivity index (χ1n) is 10.6. The summed E-state index contributed by atoms with van der Waals surface area (Å²) in [4.78, 5) is 29.1. The van der Waals surface area contributed by atoms with Crippen LogP contribution in [0.15, 0.2) is 22.7 Å². The summed E-state index contributed by atoms with van der Waals surface area (Å²) in [5.74, 6) is -0.704. The van der Waals surface area contributed by atoms with Gasteiger partial charge in [0.25, 0.3) is 12.3 Å². The number of amides is 3. The van der Waals surface area contributed by atoms with Gasteiger partial charge in [-0.05, 0) is 34.1 Å². The summed E-state index contributed by atoms with van der Waals surface area (Å²) < 4.78 is 40.3. The number of aromatic nitrogens is 2. The average Bonchev–Trinajstić information content (AvgIpc) is 3.06. The molecule has 1 aromatic heterocycles. The van der Waals surface area contributed by atoms with Gasteiger partial charge < -0.3 is 20.4 Å². The van der Waals surface area contributed by atoms with Crippen molar-refractivity contribution in [3.05, 3.63) is 45.4 Å². The van der Waals surface area contributed by atoms with E-state index < -0.39 is 18.8 Å². The number of nitrogens with one attached hydrogen (secondary N) is 2. The van der Waals surface area contributed by atoms with Gasteiger partial charge in [0.15, 0.2) is 0 Å². The van der Waals surface area contributed by atoms with Gasteiger partial charge in [-0.3, -0.25) is 9.48 Å². The second-order valence-corrected chi connectivity index (χ2v) is 9.14. The number of benzene rings is 1. The molecule has 2 aliphatic rings. The van der Waals surface area contributed by atoms with E-state index in [1.807, 2.05) is 0 Å². The van der Waals surface area contributed by atoms with E-state index in [4.69, 9.17) is 0 Å². The van der Waals surface area contributed by atoms with E-state index in [0.717, 1.165) is 5.69 Å². The van der Waals surface area contributed by atoms with Gasteiger partial charge in [0.05, 0.1) is 23.3 Å². The van der Waals surface area contributed by atoms with Crippen molar-refractivity contribution in [2.24, 2.45) is 5.92 Å². The fraction of sp³-hybridized carbons (Fsp3) is 0.476. The molecular formula is C21H24BrF3N6O2. The number of rotatable bonds is 5. The predicted molar refractivity (Wildman–Crippen MR) is 119 cm³/mol. The maximum absolute atomic E-state index is 13.5. The van der Waals surface area contributed by atoms with Crippen molar-refractivity contribution in [1.29, 1.82) is 0 Å². The van der Waals surface area contributed by atoms with E-state index in [-0.39, 0.29) is 28.9 Å². The minimum Gasteiger partial charge on any atom is -0.340 e. The Labute approximate surface area is 197 Å². The Morgan fingerprint density at radius 1 is 1.33 bits per heavy atom. The maximum Gasteiger partial charge on any atom is 0.322 e. The van der Waals surface area contributed by atoms with Crippen LogP contribution >= 0.6 is 15.9 Å². The molecule has 3 heterocycles. The molecular weight excluding hydrogens is 505 g/mol. The van der Waals surface area contributed by atoms with Crippen molar-refractivity contribution < 1.29 is 22.8 Å². The van der Waals surface area contributed by atoms with Gasteiger partial charge in [0.1, 0.15) is 11.5 Å². The van der Waals surface area contributed by atoms with Crippen LogP contribution in [-0.4, -0.2) is 71.2 Å². The normalized spacial score (nSPS) is 18.2. The predicted octanol–water partition coefficient (Wildman–Crippen LogP) is 2.93. The number of hydrogen-bond donors (Lipinski definition) is 2. The molecule has 33 heavy (non-hydrogen) atoms. The highest BCUT2D eigenvalue weighted by molar-refractivity contribution is 9.10. The van der Waals surface area contributed by atoms with E-state index in [1.54, 1.807) is 21.5 Å². The van der Waals surface area contributed by atoms with Crippen LogP contribution in [0.5, 0.6) is 0 Å². The van der Waals surface area contributed by atoms with Crippen LogP contribution in [0.4, 0.5) is 23.7 Å². The molecule has 2 N–H and O–H groups in total. The SMILES string of the molecule is CN1C[C@H](CNCC(F)F)Cn2nc3c(c2C1=O)CN(C(=O)Nc1ccc(F)c(Br)c1)CC3. The summed E-state index contributed by atoms with van der Waals surface area (Å²) >= 11 is 3.10. The summed E-state index contributed by atoms with van der Waals surface area (Å²) in [7, 11) is 1.68. The molecule has 0 radical (unpaired) electrons. The molecule has 1 atom stereocenters. The molecule has 2 aromatic rings. The second-order valence-electron chi connectivity index (χ2n) is 8.29. The van der Waals surface area contributed by atoms with Gasteiger partial charge in [0.2, 0.25) is 0 Å². The minimum absolute atomic E-state index is 0.0726. The molecule has 2 aliphatic heterocycles. The zero-order valence-corrected chi connectivity index (χ0v) is 19.5. The fourth-order valence-electron chi connectivity index (χ4n) is 4.23. The Hall–Kier alpha value is -2.60. The van der Waals surface area contributed by atoms with Crippen molar-refractivity contribution in [3.8, 4) is 0 Å². The lowest BCUT2D eigenvalue weighted by Gasteiger charge is -2.27. The third-order valence-electron chi connectivity index (χ3n) is 5.80. The summed E-state index contributed by atoms with van der Waals surface area (Å²) in [5.41, 5.74) is 2.35. The molecule has 12 heteroatoms. The smallest absolute Gasteiger partial charge is 0.322 e. The largest absolute Gasteiger partial charge is 0.340 e. The molecule has 0 spiro atoms. The molecule has 8 nitrogen and oxygen atoms in total. The molecule has 3 amide bonds. The second kappa shape index (κ2) is 9.72. The van der Waals surface area contributed by atoms with E-state index in [2.05, 4.69) is 31.7 Å². The number of hydrogen-bond acceptors (Lipinski definition) is 4.